The minimum atomic E-state index is -0.942. The van der Waals surface area contributed by atoms with E-state index < -0.39 is 18.2 Å². The number of rotatable bonds is 9. The summed E-state index contributed by atoms with van der Waals surface area (Å²) in [7, 11) is 2.92. The van der Waals surface area contributed by atoms with Crippen LogP contribution in [0.15, 0.2) is 12.1 Å². The summed E-state index contributed by atoms with van der Waals surface area (Å²) in [4.78, 5) is 39.2. The van der Waals surface area contributed by atoms with E-state index in [1.807, 2.05) is 0 Å². The fraction of sp³-hybridized carbons (Fsp3) is 0.571. The first kappa shape index (κ1) is 21.0. The van der Waals surface area contributed by atoms with Crippen LogP contribution in [0.3, 0.4) is 0 Å². The molecule has 0 saturated carbocycles. The fourth-order valence-electron chi connectivity index (χ4n) is 3.92. The first-order valence-corrected chi connectivity index (χ1v) is 10.1. The number of fused-ring (bicyclic) bond motifs is 1. The van der Waals surface area contributed by atoms with Gasteiger partial charge in [-0.2, -0.15) is 0 Å². The summed E-state index contributed by atoms with van der Waals surface area (Å²) < 4.78 is 16.1. The van der Waals surface area contributed by atoms with E-state index in [-0.39, 0.29) is 29.5 Å². The molecule has 0 aromatic heterocycles. The molecular weight excluding hydrogens is 376 g/mol. The van der Waals surface area contributed by atoms with Crippen LogP contribution in [0.4, 0.5) is 0 Å². The second-order valence-corrected chi connectivity index (χ2v) is 7.23. The average molecular weight is 404 g/mol. The van der Waals surface area contributed by atoms with Gasteiger partial charge in [0.25, 0.3) is 0 Å². The molecule has 0 bridgehead atoms. The first-order valence-electron chi connectivity index (χ1n) is 10.1. The second kappa shape index (κ2) is 9.15. The number of ether oxygens (including phenoxy) is 3. The van der Waals surface area contributed by atoms with Gasteiger partial charge < -0.3 is 19.5 Å². The maximum absolute atomic E-state index is 12.7. The van der Waals surface area contributed by atoms with Crippen LogP contribution in [0.25, 0.3) is 0 Å². The Morgan fingerprint density at radius 2 is 2.00 bits per heavy atom. The molecular formula is C21H28N2O6. The van der Waals surface area contributed by atoms with E-state index in [2.05, 4.69) is 12.2 Å². The van der Waals surface area contributed by atoms with Crippen LogP contribution < -0.4 is 14.8 Å². The van der Waals surface area contributed by atoms with Crippen molar-refractivity contribution in [2.45, 2.75) is 57.7 Å². The van der Waals surface area contributed by atoms with E-state index in [9.17, 15) is 14.4 Å². The maximum atomic E-state index is 12.7. The molecule has 8 heteroatoms. The SMILES string of the molecule is CCCCCCNC(=O)[C@H]1CCC(=O)N1[C@H]1OC(=O)c2c1ccc(OC)c2OC. The monoisotopic (exact) mass is 404 g/mol. The van der Waals surface area contributed by atoms with E-state index in [0.29, 0.717) is 24.3 Å². The number of benzene rings is 1. The number of likely N-dealkylation sites (tertiary alicyclic amines) is 1. The van der Waals surface area contributed by atoms with Gasteiger partial charge in [0.15, 0.2) is 11.5 Å². The van der Waals surface area contributed by atoms with Crippen molar-refractivity contribution in [1.82, 2.24) is 10.2 Å². The molecule has 0 spiro atoms. The molecule has 1 fully saturated rings. The highest BCUT2D eigenvalue weighted by Gasteiger charge is 2.47. The smallest absolute Gasteiger partial charge is 0.344 e. The van der Waals surface area contributed by atoms with E-state index >= 15 is 0 Å². The number of carbonyl (C=O) groups is 3. The van der Waals surface area contributed by atoms with Gasteiger partial charge in [0.1, 0.15) is 11.6 Å². The lowest BCUT2D eigenvalue weighted by molar-refractivity contribution is -0.145. The highest BCUT2D eigenvalue weighted by Crippen LogP contribution is 2.45. The molecule has 2 atom stereocenters. The van der Waals surface area contributed by atoms with Gasteiger partial charge in [-0.25, -0.2) is 4.79 Å². The lowest BCUT2D eigenvalue weighted by Crippen LogP contribution is -2.46. The molecule has 29 heavy (non-hydrogen) atoms. The van der Waals surface area contributed by atoms with E-state index in [1.165, 1.54) is 19.1 Å². The molecule has 1 saturated heterocycles. The van der Waals surface area contributed by atoms with Gasteiger partial charge in [-0.1, -0.05) is 26.2 Å². The molecule has 0 unspecified atom stereocenters. The van der Waals surface area contributed by atoms with Crippen LogP contribution in [-0.4, -0.2) is 49.5 Å². The molecule has 2 aliphatic rings. The quantitative estimate of drug-likeness (QED) is 0.502. The third-order valence-electron chi connectivity index (χ3n) is 5.41. The number of nitrogens with zero attached hydrogens (tertiary/aromatic N) is 1. The fourth-order valence-corrected chi connectivity index (χ4v) is 3.92. The zero-order chi connectivity index (χ0) is 21.0. The zero-order valence-electron chi connectivity index (χ0n) is 17.2. The largest absolute Gasteiger partial charge is 0.493 e. The number of hydrogen-bond acceptors (Lipinski definition) is 6. The predicted molar refractivity (Wildman–Crippen MR) is 105 cm³/mol. The Morgan fingerprint density at radius 1 is 1.21 bits per heavy atom. The first-order chi connectivity index (χ1) is 14.0. The number of hydrogen-bond donors (Lipinski definition) is 1. The van der Waals surface area contributed by atoms with Crippen molar-refractivity contribution in [2.24, 2.45) is 0 Å². The van der Waals surface area contributed by atoms with E-state index in [4.69, 9.17) is 14.2 Å². The Kier molecular flexibility index (Phi) is 6.61. The summed E-state index contributed by atoms with van der Waals surface area (Å²) in [6, 6.07) is 2.68. The molecule has 2 amide bonds. The number of esters is 1. The number of amides is 2. The molecule has 158 valence electrons. The summed E-state index contributed by atoms with van der Waals surface area (Å²) >= 11 is 0. The Labute approximate surface area is 170 Å². The minimum absolute atomic E-state index is 0.211. The van der Waals surface area contributed by atoms with Crippen LogP contribution in [0.2, 0.25) is 0 Å². The maximum Gasteiger partial charge on any atom is 0.344 e. The van der Waals surface area contributed by atoms with Gasteiger partial charge in [-0.05, 0) is 25.0 Å². The standard InChI is InChI=1S/C21H28N2O6/c1-4-5-6-7-12-22-19(25)14-9-11-16(24)23(14)20-13-8-10-15(27-2)18(28-3)17(13)21(26)29-20/h8,10,14,20H,4-7,9,11-12H2,1-3H3,(H,22,25)/t14-,20+/m1/s1. The predicted octanol–water partition coefficient (Wildman–Crippen LogP) is 2.56. The van der Waals surface area contributed by atoms with E-state index in [1.54, 1.807) is 12.1 Å². The summed E-state index contributed by atoms with van der Waals surface area (Å²) in [5.41, 5.74) is 0.735. The number of nitrogens with one attached hydrogen (secondary N) is 1. The van der Waals surface area contributed by atoms with Gasteiger partial charge >= 0.3 is 5.97 Å². The Hall–Kier alpha value is -2.77. The van der Waals surface area contributed by atoms with Crippen molar-refractivity contribution in [3.8, 4) is 11.5 Å². The minimum Gasteiger partial charge on any atom is -0.493 e. The molecule has 2 aliphatic heterocycles. The molecule has 3 rings (SSSR count). The van der Waals surface area contributed by atoms with Gasteiger partial charge in [-0.15, -0.1) is 0 Å². The Bertz CT molecular complexity index is 794. The topological polar surface area (TPSA) is 94.2 Å². The summed E-state index contributed by atoms with van der Waals surface area (Å²) in [5, 5.41) is 2.92. The van der Waals surface area contributed by atoms with Gasteiger partial charge in [0.05, 0.1) is 14.2 Å². The molecule has 0 radical (unpaired) electrons. The number of methoxy groups -OCH3 is 2. The van der Waals surface area contributed by atoms with Crippen molar-refractivity contribution >= 4 is 17.8 Å². The van der Waals surface area contributed by atoms with Crippen molar-refractivity contribution in [2.75, 3.05) is 20.8 Å². The van der Waals surface area contributed by atoms with Gasteiger partial charge in [0.2, 0.25) is 18.0 Å². The number of unbranched alkanes of at least 4 members (excludes halogenated alkanes) is 3. The Morgan fingerprint density at radius 3 is 2.69 bits per heavy atom. The normalized spacial score (nSPS) is 20.4. The second-order valence-electron chi connectivity index (χ2n) is 7.23. The van der Waals surface area contributed by atoms with Crippen molar-refractivity contribution < 1.29 is 28.6 Å². The van der Waals surface area contributed by atoms with Gasteiger partial charge in [0, 0.05) is 18.5 Å². The van der Waals surface area contributed by atoms with Crippen LogP contribution in [0.1, 0.15) is 67.6 Å². The van der Waals surface area contributed by atoms with Crippen LogP contribution in [0, 0.1) is 0 Å². The van der Waals surface area contributed by atoms with Crippen molar-refractivity contribution in [3.63, 3.8) is 0 Å². The molecule has 1 aromatic rings. The van der Waals surface area contributed by atoms with Crippen molar-refractivity contribution in [3.05, 3.63) is 23.3 Å². The molecule has 2 heterocycles. The molecule has 8 nitrogen and oxygen atoms in total. The number of carbonyl (C=O) groups excluding carboxylic acids is 3. The van der Waals surface area contributed by atoms with Crippen LogP contribution >= 0.6 is 0 Å². The zero-order valence-corrected chi connectivity index (χ0v) is 17.2. The number of cyclic esters (lactones) is 1. The third kappa shape index (κ3) is 4.02. The van der Waals surface area contributed by atoms with Crippen molar-refractivity contribution in [1.29, 1.82) is 0 Å². The highest BCUT2D eigenvalue weighted by atomic mass is 16.6. The lowest BCUT2D eigenvalue weighted by Gasteiger charge is -2.29. The third-order valence-corrected chi connectivity index (χ3v) is 5.41. The molecule has 1 aromatic carbocycles. The summed E-state index contributed by atoms with van der Waals surface area (Å²) in [6.07, 6.45) is 3.91. The Balaban J connectivity index is 1.80. The van der Waals surface area contributed by atoms with Gasteiger partial charge in [-0.3, -0.25) is 14.5 Å². The lowest BCUT2D eigenvalue weighted by atomic mass is 10.1. The summed E-state index contributed by atoms with van der Waals surface area (Å²) in [6.45, 7) is 2.70. The van der Waals surface area contributed by atoms with E-state index in [0.717, 1.165) is 25.7 Å². The van der Waals surface area contributed by atoms with Crippen LogP contribution in [0.5, 0.6) is 11.5 Å². The molecule has 1 N–H and O–H groups in total. The van der Waals surface area contributed by atoms with Crippen LogP contribution in [-0.2, 0) is 14.3 Å². The molecule has 0 aliphatic carbocycles. The average Bonchev–Trinajstić information content (AvgIpc) is 3.26. The highest BCUT2D eigenvalue weighted by molar-refractivity contribution is 5.99. The summed E-state index contributed by atoms with van der Waals surface area (Å²) in [5.74, 6) is -0.355.